The van der Waals surface area contributed by atoms with Gasteiger partial charge in [0.2, 0.25) is 0 Å². The number of rotatable bonds is 3. The third-order valence-electron chi connectivity index (χ3n) is 2.31. The van der Waals surface area contributed by atoms with Gasteiger partial charge >= 0.3 is 12.2 Å². The first-order valence-corrected chi connectivity index (χ1v) is 6.47. The maximum atomic E-state index is 11.7. The van der Waals surface area contributed by atoms with Crippen LogP contribution in [0, 0.1) is 0 Å². The summed E-state index contributed by atoms with van der Waals surface area (Å²) in [5.74, 6) is 0.110. The maximum absolute atomic E-state index is 11.7. The van der Waals surface area contributed by atoms with Crippen molar-refractivity contribution in [3.8, 4) is 0 Å². The topological polar surface area (TPSA) is 108 Å². The summed E-state index contributed by atoms with van der Waals surface area (Å²) < 4.78 is 10.4. The number of hydrogen-bond acceptors (Lipinski definition) is 7. The number of aromatic nitrogens is 4. The van der Waals surface area contributed by atoms with Gasteiger partial charge in [-0.25, -0.2) is 14.6 Å². The van der Waals surface area contributed by atoms with Gasteiger partial charge in [0.05, 0.1) is 18.2 Å². The van der Waals surface area contributed by atoms with E-state index in [0.717, 1.165) is 4.68 Å². The SMILES string of the molecule is CCOC(=O)Nc1cc(Cl)c2nnn(C(=O)OCC)c2n1. The van der Waals surface area contributed by atoms with Gasteiger partial charge in [-0.1, -0.05) is 16.8 Å². The van der Waals surface area contributed by atoms with Crippen molar-refractivity contribution < 1.29 is 19.1 Å². The highest BCUT2D eigenvalue weighted by Crippen LogP contribution is 2.23. The molecule has 2 aromatic heterocycles. The third kappa shape index (κ3) is 3.19. The van der Waals surface area contributed by atoms with Crippen LogP contribution in [0.5, 0.6) is 0 Å². The second-order valence-electron chi connectivity index (χ2n) is 3.71. The van der Waals surface area contributed by atoms with Crippen LogP contribution in [-0.2, 0) is 9.47 Å². The Labute approximate surface area is 124 Å². The van der Waals surface area contributed by atoms with E-state index < -0.39 is 12.2 Å². The van der Waals surface area contributed by atoms with Crippen molar-refractivity contribution >= 4 is 40.8 Å². The van der Waals surface area contributed by atoms with Gasteiger partial charge in [0.1, 0.15) is 5.82 Å². The van der Waals surface area contributed by atoms with Crippen molar-refractivity contribution in [2.75, 3.05) is 18.5 Å². The van der Waals surface area contributed by atoms with Crippen LogP contribution in [0.25, 0.3) is 11.2 Å². The second kappa shape index (κ2) is 6.35. The molecule has 10 heteroatoms. The van der Waals surface area contributed by atoms with E-state index in [-0.39, 0.29) is 35.2 Å². The molecule has 0 saturated carbocycles. The largest absolute Gasteiger partial charge is 0.450 e. The predicted octanol–water partition coefficient (Wildman–Crippen LogP) is 2.05. The fraction of sp³-hybridized carbons (Fsp3) is 0.364. The Morgan fingerprint density at radius 3 is 2.71 bits per heavy atom. The molecule has 2 aromatic rings. The Kier molecular flexibility index (Phi) is 4.53. The Bertz CT molecular complexity index is 687. The molecule has 112 valence electrons. The first kappa shape index (κ1) is 15.0. The standard InChI is InChI=1S/C11H12ClN5O4/c1-3-20-10(18)14-7-5-6(12)8-9(13-7)17(16-15-8)11(19)21-4-2/h5H,3-4H2,1-2H3,(H,13,14,18). The molecule has 2 heterocycles. The Balaban J connectivity index is 2.40. The zero-order chi connectivity index (χ0) is 15.4. The normalized spacial score (nSPS) is 10.4. The molecule has 0 atom stereocenters. The number of pyridine rings is 1. The number of carbonyl (C=O) groups is 2. The lowest BCUT2D eigenvalue weighted by Crippen LogP contribution is -2.17. The van der Waals surface area contributed by atoms with Gasteiger partial charge in [0.25, 0.3) is 0 Å². The molecule has 9 nitrogen and oxygen atoms in total. The van der Waals surface area contributed by atoms with Crippen LogP contribution in [-0.4, -0.2) is 45.4 Å². The van der Waals surface area contributed by atoms with Crippen molar-refractivity contribution in [3.63, 3.8) is 0 Å². The number of halogens is 1. The number of nitrogens with zero attached hydrogens (tertiary/aromatic N) is 4. The van der Waals surface area contributed by atoms with E-state index in [9.17, 15) is 9.59 Å². The minimum absolute atomic E-state index is 0.0766. The van der Waals surface area contributed by atoms with Crippen molar-refractivity contribution in [1.29, 1.82) is 0 Å². The van der Waals surface area contributed by atoms with Crippen LogP contribution in [0.3, 0.4) is 0 Å². The van der Waals surface area contributed by atoms with Crippen LogP contribution in [0.15, 0.2) is 6.07 Å². The molecule has 1 amide bonds. The summed E-state index contributed by atoms with van der Waals surface area (Å²) in [7, 11) is 0. The molecule has 2 rings (SSSR count). The lowest BCUT2D eigenvalue weighted by molar-refractivity contribution is 0.151. The minimum Gasteiger partial charge on any atom is -0.450 e. The van der Waals surface area contributed by atoms with Gasteiger partial charge in [0.15, 0.2) is 11.2 Å². The van der Waals surface area contributed by atoms with Crippen LogP contribution in [0.4, 0.5) is 15.4 Å². The fourth-order valence-electron chi connectivity index (χ4n) is 1.51. The lowest BCUT2D eigenvalue weighted by atomic mass is 10.4. The average Bonchev–Trinajstić information content (AvgIpc) is 2.83. The van der Waals surface area contributed by atoms with Gasteiger partial charge in [-0.05, 0) is 13.8 Å². The summed E-state index contributed by atoms with van der Waals surface area (Å²) in [6.45, 7) is 3.72. The number of carbonyl (C=O) groups excluding carboxylic acids is 2. The summed E-state index contributed by atoms with van der Waals surface area (Å²) >= 11 is 6.02. The fourth-order valence-corrected chi connectivity index (χ4v) is 1.74. The summed E-state index contributed by atoms with van der Waals surface area (Å²) in [5, 5.41) is 9.95. The van der Waals surface area contributed by atoms with Gasteiger partial charge in [-0.3, -0.25) is 5.32 Å². The van der Waals surface area contributed by atoms with Crippen LogP contribution >= 0.6 is 11.6 Å². The Hall–Kier alpha value is -2.42. The highest BCUT2D eigenvalue weighted by Gasteiger charge is 2.18. The van der Waals surface area contributed by atoms with E-state index >= 15 is 0 Å². The molecule has 0 radical (unpaired) electrons. The molecule has 0 aromatic carbocycles. The van der Waals surface area contributed by atoms with Gasteiger partial charge in [-0.2, -0.15) is 0 Å². The van der Waals surface area contributed by atoms with Gasteiger partial charge < -0.3 is 9.47 Å². The quantitative estimate of drug-likeness (QED) is 0.923. The molecule has 0 bridgehead atoms. The maximum Gasteiger partial charge on any atom is 0.438 e. The smallest absolute Gasteiger partial charge is 0.438 e. The van der Waals surface area contributed by atoms with Crippen LogP contribution < -0.4 is 5.32 Å². The van der Waals surface area contributed by atoms with Crippen molar-refractivity contribution in [2.24, 2.45) is 0 Å². The molecule has 0 unspecified atom stereocenters. The first-order valence-electron chi connectivity index (χ1n) is 6.09. The van der Waals surface area contributed by atoms with E-state index in [1.165, 1.54) is 6.07 Å². The summed E-state index contributed by atoms with van der Waals surface area (Å²) in [5.41, 5.74) is 0.298. The Morgan fingerprint density at radius 2 is 2.05 bits per heavy atom. The summed E-state index contributed by atoms with van der Waals surface area (Å²) in [6.07, 6.45) is -1.42. The lowest BCUT2D eigenvalue weighted by Gasteiger charge is -2.05. The van der Waals surface area contributed by atoms with E-state index in [4.69, 9.17) is 21.1 Å². The molecule has 0 aliphatic rings. The third-order valence-corrected chi connectivity index (χ3v) is 2.60. The molecule has 0 fully saturated rings. The van der Waals surface area contributed by atoms with E-state index in [1.807, 2.05) is 0 Å². The van der Waals surface area contributed by atoms with Gasteiger partial charge in [0, 0.05) is 6.07 Å². The second-order valence-corrected chi connectivity index (χ2v) is 4.11. The summed E-state index contributed by atoms with van der Waals surface area (Å²) in [4.78, 5) is 27.1. The van der Waals surface area contributed by atoms with Crippen molar-refractivity contribution in [2.45, 2.75) is 13.8 Å². The average molecular weight is 314 g/mol. The minimum atomic E-state index is -0.739. The number of ether oxygens (including phenoxy) is 2. The van der Waals surface area contributed by atoms with E-state index in [0.29, 0.717) is 0 Å². The molecular weight excluding hydrogens is 302 g/mol. The van der Waals surface area contributed by atoms with Gasteiger partial charge in [-0.15, -0.1) is 9.78 Å². The molecular formula is C11H12ClN5O4. The number of nitrogens with one attached hydrogen (secondary N) is 1. The van der Waals surface area contributed by atoms with Crippen molar-refractivity contribution in [3.05, 3.63) is 11.1 Å². The summed E-state index contributed by atoms with van der Waals surface area (Å²) in [6, 6.07) is 1.38. The number of amides is 1. The van der Waals surface area contributed by atoms with Crippen molar-refractivity contribution in [1.82, 2.24) is 20.0 Å². The van der Waals surface area contributed by atoms with E-state index in [2.05, 4.69) is 20.6 Å². The molecule has 0 aliphatic carbocycles. The molecule has 21 heavy (non-hydrogen) atoms. The molecule has 0 spiro atoms. The number of fused-ring (bicyclic) bond motifs is 1. The zero-order valence-corrected chi connectivity index (χ0v) is 12.0. The van der Waals surface area contributed by atoms with Crippen LogP contribution in [0.1, 0.15) is 13.8 Å². The van der Waals surface area contributed by atoms with Crippen LogP contribution in [0.2, 0.25) is 5.02 Å². The van der Waals surface area contributed by atoms with E-state index in [1.54, 1.807) is 13.8 Å². The molecule has 0 aliphatic heterocycles. The highest BCUT2D eigenvalue weighted by molar-refractivity contribution is 6.35. The number of anilines is 1. The Morgan fingerprint density at radius 1 is 1.33 bits per heavy atom. The number of hydrogen-bond donors (Lipinski definition) is 1. The predicted molar refractivity (Wildman–Crippen MR) is 73.4 cm³/mol. The zero-order valence-electron chi connectivity index (χ0n) is 11.3. The molecule has 1 N–H and O–H groups in total. The molecule has 0 saturated heterocycles. The highest BCUT2D eigenvalue weighted by atomic mass is 35.5. The first-order chi connectivity index (χ1) is 10.1. The monoisotopic (exact) mass is 313 g/mol.